The minimum Gasteiger partial charge on any atom is -0.314 e. The third-order valence-corrected chi connectivity index (χ3v) is 3.63. The molecule has 1 unspecified atom stereocenters. The molecule has 0 heterocycles. The van der Waals surface area contributed by atoms with Gasteiger partial charge in [0.1, 0.15) is 5.82 Å². The predicted molar refractivity (Wildman–Crippen MR) is 76.7 cm³/mol. The van der Waals surface area contributed by atoms with Gasteiger partial charge in [0, 0.05) is 16.6 Å². The van der Waals surface area contributed by atoms with Gasteiger partial charge in [-0.1, -0.05) is 38.4 Å². The van der Waals surface area contributed by atoms with Crippen molar-refractivity contribution in [3.63, 3.8) is 0 Å². The summed E-state index contributed by atoms with van der Waals surface area (Å²) in [4.78, 5) is 0. The smallest absolute Gasteiger partial charge is 0.127 e. The van der Waals surface area contributed by atoms with E-state index in [4.69, 9.17) is 11.6 Å². The second kappa shape index (κ2) is 7.75. The van der Waals surface area contributed by atoms with E-state index in [9.17, 15) is 4.39 Å². The molecule has 0 amide bonds. The molecular formula is C15H23ClFN. The summed E-state index contributed by atoms with van der Waals surface area (Å²) in [6.45, 7) is 7.51. The van der Waals surface area contributed by atoms with Crippen LogP contribution < -0.4 is 5.32 Å². The average molecular weight is 272 g/mol. The summed E-state index contributed by atoms with van der Waals surface area (Å²) in [6.07, 6.45) is 2.72. The van der Waals surface area contributed by atoms with Gasteiger partial charge >= 0.3 is 0 Å². The van der Waals surface area contributed by atoms with Crippen molar-refractivity contribution in [2.45, 2.75) is 46.1 Å². The highest BCUT2D eigenvalue weighted by atomic mass is 35.5. The Kier molecular flexibility index (Phi) is 6.66. The van der Waals surface area contributed by atoms with Crippen LogP contribution in [0, 0.1) is 11.7 Å². The first kappa shape index (κ1) is 15.5. The van der Waals surface area contributed by atoms with Gasteiger partial charge in [-0.05, 0) is 43.9 Å². The Bertz CT molecular complexity index is 345. The van der Waals surface area contributed by atoms with Crippen LogP contribution in [0.2, 0.25) is 5.02 Å². The number of hydrogen-bond donors (Lipinski definition) is 1. The highest BCUT2D eigenvalue weighted by Crippen LogP contribution is 2.21. The first-order valence-electron chi connectivity index (χ1n) is 6.72. The summed E-state index contributed by atoms with van der Waals surface area (Å²) in [7, 11) is 0. The van der Waals surface area contributed by atoms with Gasteiger partial charge in [0.2, 0.25) is 0 Å². The van der Waals surface area contributed by atoms with E-state index in [0.29, 0.717) is 29.0 Å². The molecule has 1 aromatic rings. The Labute approximate surface area is 115 Å². The Balaban J connectivity index is 2.50. The van der Waals surface area contributed by atoms with E-state index in [1.807, 2.05) is 0 Å². The molecule has 1 nitrogen and oxygen atoms in total. The van der Waals surface area contributed by atoms with Crippen molar-refractivity contribution in [1.29, 1.82) is 0 Å². The fourth-order valence-corrected chi connectivity index (χ4v) is 2.46. The van der Waals surface area contributed by atoms with E-state index in [1.165, 1.54) is 6.07 Å². The lowest BCUT2D eigenvalue weighted by Gasteiger charge is -2.21. The highest BCUT2D eigenvalue weighted by molar-refractivity contribution is 6.31. The predicted octanol–water partition coefficient (Wildman–Crippen LogP) is 4.44. The van der Waals surface area contributed by atoms with Gasteiger partial charge in [-0.15, -0.1) is 0 Å². The molecule has 102 valence electrons. The molecule has 0 radical (unpaired) electrons. The van der Waals surface area contributed by atoms with Crippen LogP contribution in [0.4, 0.5) is 4.39 Å². The van der Waals surface area contributed by atoms with Crippen molar-refractivity contribution in [2.75, 3.05) is 6.54 Å². The zero-order valence-electron chi connectivity index (χ0n) is 11.5. The molecular weight excluding hydrogens is 249 g/mol. The normalized spacial score (nSPS) is 13.0. The van der Waals surface area contributed by atoms with Gasteiger partial charge in [-0.3, -0.25) is 0 Å². The first-order chi connectivity index (χ1) is 8.56. The minimum atomic E-state index is -0.188. The lowest BCUT2D eigenvalue weighted by molar-refractivity contribution is 0.376. The van der Waals surface area contributed by atoms with Crippen LogP contribution in [0.15, 0.2) is 18.2 Å². The Morgan fingerprint density at radius 1 is 1.33 bits per heavy atom. The third-order valence-electron chi connectivity index (χ3n) is 3.27. The second-order valence-corrected chi connectivity index (χ2v) is 5.41. The lowest BCUT2D eigenvalue weighted by Crippen LogP contribution is -2.33. The van der Waals surface area contributed by atoms with Gasteiger partial charge in [0.05, 0.1) is 0 Å². The van der Waals surface area contributed by atoms with Crippen LogP contribution >= 0.6 is 11.6 Å². The Morgan fingerprint density at radius 3 is 2.61 bits per heavy atom. The molecule has 1 N–H and O–H groups in total. The molecule has 1 aromatic carbocycles. The van der Waals surface area contributed by atoms with Crippen LogP contribution in [-0.4, -0.2) is 12.6 Å². The maximum atomic E-state index is 13.6. The maximum absolute atomic E-state index is 13.6. The van der Waals surface area contributed by atoms with Crippen molar-refractivity contribution < 1.29 is 4.39 Å². The molecule has 0 saturated heterocycles. The second-order valence-electron chi connectivity index (χ2n) is 5.00. The molecule has 0 aliphatic rings. The van der Waals surface area contributed by atoms with Crippen LogP contribution in [-0.2, 0) is 6.42 Å². The van der Waals surface area contributed by atoms with E-state index >= 15 is 0 Å². The zero-order chi connectivity index (χ0) is 13.5. The quantitative estimate of drug-likeness (QED) is 0.773. The number of nitrogens with one attached hydrogen (secondary N) is 1. The molecule has 0 saturated carbocycles. The molecule has 0 bridgehead atoms. The number of benzene rings is 1. The summed E-state index contributed by atoms with van der Waals surface area (Å²) < 4.78 is 13.6. The van der Waals surface area contributed by atoms with Crippen molar-refractivity contribution in [3.8, 4) is 0 Å². The van der Waals surface area contributed by atoms with Crippen molar-refractivity contribution in [2.24, 2.45) is 5.92 Å². The SMILES string of the molecule is CCNC(CCCc1c(F)cccc1Cl)C(C)C. The molecule has 3 heteroatoms. The summed E-state index contributed by atoms with van der Waals surface area (Å²) in [5, 5.41) is 4.01. The largest absolute Gasteiger partial charge is 0.314 e. The Hall–Kier alpha value is -0.600. The van der Waals surface area contributed by atoms with Gasteiger partial charge < -0.3 is 5.32 Å². The third kappa shape index (κ3) is 4.58. The number of halogens is 2. The molecule has 0 aromatic heterocycles. The zero-order valence-corrected chi connectivity index (χ0v) is 12.2. The molecule has 0 aliphatic heterocycles. The summed E-state index contributed by atoms with van der Waals surface area (Å²) in [5.74, 6) is 0.410. The molecule has 0 fully saturated rings. The standard InChI is InChI=1S/C15H23ClFN/c1-4-18-15(11(2)3)10-5-7-12-13(16)8-6-9-14(12)17/h6,8-9,11,15,18H,4-5,7,10H2,1-3H3. The fraction of sp³-hybridized carbons (Fsp3) is 0.600. The van der Waals surface area contributed by atoms with Crippen LogP contribution in [0.25, 0.3) is 0 Å². The van der Waals surface area contributed by atoms with Gasteiger partial charge in [-0.25, -0.2) is 4.39 Å². The maximum Gasteiger partial charge on any atom is 0.127 e. The lowest BCUT2D eigenvalue weighted by atomic mass is 9.96. The molecule has 0 spiro atoms. The highest BCUT2D eigenvalue weighted by Gasteiger charge is 2.13. The van der Waals surface area contributed by atoms with E-state index in [0.717, 1.165) is 19.4 Å². The molecule has 0 aliphatic carbocycles. The fourth-order valence-electron chi connectivity index (χ4n) is 2.20. The molecule has 1 rings (SSSR count). The molecule has 1 atom stereocenters. The van der Waals surface area contributed by atoms with Crippen LogP contribution in [0.5, 0.6) is 0 Å². The average Bonchev–Trinajstić information content (AvgIpc) is 2.31. The topological polar surface area (TPSA) is 12.0 Å². The van der Waals surface area contributed by atoms with Crippen molar-refractivity contribution in [1.82, 2.24) is 5.32 Å². The van der Waals surface area contributed by atoms with Crippen LogP contribution in [0.1, 0.15) is 39.2 Å². The Morgan fingerprint density at radius 2 is 2.06 bits per heavy atom. The van der Waals surface area contributed by atoms with Gasteiger partial charge in [-0.2, -0.15) is 0 Å². The summed E-state index contributed by atoms with van der Waals surface area (Å²) >= 11 is 6.01. The minimum absolute atomic E-state index is 0.188. The van der Waals surface area contributed by atoms with E-state index in [2.05, 4.69) is 26.1 Å². The van der Waals surface area contributed by atoms with Gasteiger partial charge in [0.25, 0.3) is 0 Å². The first-order valence-corrected chi connectivity index (χ1v) is 7.10. The van der Waals surface area contributed by atoms with E-state index in [-0.39, 0.29) is 5.82 Å². The van der Waals surface area contributed by atoms with E-state index in [1.54, 1.807) is 12.1 Å². The molecule has 18 heavy (non-hydrogen) atoms. The van der Waals surface area contributed by atoms with Crippen molar-refractivity contribution in [3.05, 3.63) is 34.6 Å². The summed E-state index contributed by atoms with van der Waals surface area (Å²) in [6, 6.07) is 5.38. The summed E-state index contributed by atoms with van der Waals surface area (Å²) in [5.41, 5.74) is 0.651. The van der Waals surface area contributed by atoms with Crippen LogP contribution in [0.3, 0.4) is 0 Å². The number of hydrogen-bond acceptors (Lipinski definition) is 1. The van der Waals surface area contributed by atoms with Gasteiger partial charge in [0.15, 0.2) is 0 Å². The number of rotatable bonds is 7. The van der Waals surface area contributed by atoms with Crippen molar-refractivity contribution >= 4 is 11.6 Å². The monoisotopic (exact) mass is 271 g/mol. The van der Waals surface area contributed by atoms with E-state index < -0.39 is 0 Å².